The third-order valence-corrected chi connectivity index (χ3v) is 4.49. The number of carbonyl (C=O) groups excluding carboxylic acids is 1. The van der Waals surface area contributed by atoms with Crippen molar-refractivity contribution in [3.63, 3.8) is 0 Å². The zero-order chi connectivity index (χ0) is 19.9. The summed E-state index contributed by atoms with van der Waals surface area (Å²) in [6, 6.07) is 6.74. The number of aromatic nitrogens is 4. The molecular formula is C20H20FN5O2. The summed E-state index contributed by atoms with van der Waals surface area (Å²) in [5.74, 6) is -0.906. The van der Waals surface area contributed by atoms with Crippen LogP contribution in [0.25, 0.3) is 11.3 Å². The van der Waals surface area contributed by atoms with Gasteiger partial charge in [-0.25, -0.2) is 4.98 Å². The predicted octanol–water partition coefficient (Wildman–Crippen LogP) is 3.46. The molecule has 28 heavy (non-hydrogen) atoms. The fourth-order valence-corrected chi connectivity index (χ4v) is 3.16. The van der Waals surface area contributed by atoms with E-state index in [2.05, 4.69) is 20.4 Å². The lowest BCUT2D eigenvalue weighted by Crippen LogP contribution is -2.24. The van der Waals surface area contributed by atoms with E-state index in [-0.39, 0.29) is 11.4 Å². The molecule has 7 nitrogen and oxygen atoms in total. The number of ether oxygens (including phenoxy) is 1. The molecule has 0 bridgehead atoms. The third kappa shape index (κ3) is 3.45. The molecule has 0 saturated carbocycles. The lowest BCUT2D eigenvalue weighted by atomic mass is 10.0. The Morgan fingerprint density at radius 1 is 1.36 bits per heavy atom. The topological polar surface area (TPSA) is 81.9 Å². The molecule has 0 fully saturated rings. The van der Waals surface area contributed by atoms with Crippen LogP contribution in [0.2, 0.25) is 0 Å². The van der Waals surface area contributed by atoms with E-state index in [9.17, 15) is 9.18 Å². The van der Waals surface area contributed by atoms with Crippen LogP contribution in [0.3, 0.4) is 0 Å². The quantitative estimate of drug-likeness (QED) is 0.700. The van der Waals surface area contributed by atoms with Crippen molar-refractivity contribution in [2.45, 2.75) is 39.3 Å². The lowest BCUT2D eigenvalue weighted by molar-refractivity contribution is 0.102. The molecule has 0 aromatic carbocycles. The van der Waals surface area contributed by atoms with Gasteiger partial charge < -0.3 is 10.1 Å². The number of halogens is 1. The van der Waals surface area contributed by atoms with Gasteiger partial charge in [-0.1, -0.05) is 6.07 Å². The first-order valence-electron chi connectivity index (χ1n) is 9.04. The number of hydrogen-bond acceptors (Lipinski definition) is 5. The summed E-state index contributed by atoms with van der Waals surface area (Å²) in [5, 5.41) is 6.87. The van der Waals surface area contributed by atoms with Gasteiger partial charge in [-0.2, -0.15) is 14.5 Å². The van der Waals surface area contributed by atoms with Gasteiger partial charge in [0.05, 0.1) is 17.5 Å². The van der Waals surface area contributed by atoms with Crippen molar-refractivity contribution in [1.29, 1.82) is 0 Å². The van der Waals surface area contributed by atoms with E-state index >= 15 is 0 Å². The summed E-state index contributed by atoms with van der Waals surface area (Å²) >= 11 is 0. The molecule has 3 aromatic heterocycles. The Labute approximate surface area is 161 Å². The number of fused-ring (bicyclic) bond motifs is 1. The fraction of sp³-hybridized carbons (Fsp3) is 0.300. The van der Waals surface area contributed by atoms with Crippen LogP contribution in [0.15, 0.2) is 36.7 Å². The van der Waals surface area contributed by atoms with Gasteiger partial charge >= 0.3 is 0 Å². The highest BCUT2D eigenvalue weighted by Gasteiger charge is 2.33. The first-order chi connectivity index (χ1) is 13.3. The lowest BCUT2D eigenvalue weighted by Gasteiger charge is -2.15. The molecule has 1 N–H and O–H groups in total. The Balaban J connectivity index is 1.57. The maximum absolute atomic E-state index is 14.4. The van der Waals surface area contributed by atoms with Crippen LogP contribution >= 0.6 is 0 Å². The van der Waals surface area contributed by atoms with Crippen molar-refractivity contribution in [2.24, 2.45) is 0 Å². The summed E-state index contributed by atoms with van der Waals surface area (Å²) < 4.78 is 21.7. The highest BCUT2D eigenvalue weighted by atomic mass is 19.1. The van der Waals surface area contributed by atoms with Gasteiger partial charge in [-0.05, 0) is 39.0 Å². The Bertz CT molecular complexity index is 1060. The Morgan fingerprint density at radius 3 is 2.93 bits per heavy atom. The molecule has 144 valence electrons. The van der Waals surface area contributed by atoms with Crippen molar-refractivity contribution < 1.29 is 13.9 Å². The first kappa shape index (κ1) is 18.1. The monoisotopic (exact) mass is 381 g/mol. The van der Waals surface area contributed by atoms with E-state index in [0.717, 1.165) is 12.1 Å². The first-order valence-corrected chi connectivity index (χ1v) is 9.04. The second kappa shape index (κ2) is 6.70. The van der Waals surface area contributed by atoms with E-state index in [1.807, 2.05) is 33.0 Å². The van der Waals surface area contributed by atoms with Crippen LogP contribution in [0.5, 0.6) is 5.88 Å². The summed E-state index contributed by atoms with van der Waals surface area (Å²) in [6.45, 7) is 6.53. The van der Waals surface area contributed by atoms with Crippen molar-refractivity contribution in [2.75, 3.05) is 5.32 Å². The van der Waals surface area contributed by atoms with Gasteiger partial charge in [0.15, 0.2) is 0 Å². The average Bonchev–Trinajstić information content (AvgIpc) is 3.23. The second-order valence-corrected chi connectivity index (χ2v) is 7.28. The van der Waals surface area contributed by atoms with Crippen molar-refractivity contribution >= 4 is 11.7 Å². The molecule has 1 aliphatic rings. The van der Waals surface area contributed by atoms with E-state index in [1.54, 1.807) is 23.0 Å². The van der Waals surface area contributed by atoms with E-state index in [1.165, 1.54) is 6.07 Å². The minimum Gasteiger partial charge on any atom is -0.471 e. The van der Waals surface area contributed by atoms with Gasteiger partial charge in [0.25, 0.3) is 5.91 Å². The third-order valence-electron chi connectivity index (χ3n) is 4.49. The van der Waals surface area contributed by atoms with Crippen molar-refractivity contribution in [3.05, 3.63) is 53.7 Å². The molecule has 0 atom stereocenters. The number of anilines is 1. The highest BCUT2D eigenvalue weighted by molar-refractivity contribution is 6.04. The van der Waals surface area contributed by atoms with Crippen LogP contribution in [-0.2, 0) is 13.0 Å². The smallest absolute Gasteiger partial charge is 0.261 e. The fourth-order valence-electron chi connectivity index (χ4n) is 3.16. The second-order valence-electron chi connectivity index (χ2n) is 7.28. The number of amides is 1. The van der Waals surface area contributed by atoms with Gasteiger partial charge in [0.2, 0.25) is 11.8 Å². The summed E-state index contributed by atoms with van der Waals surface area (Å²) in [5.41, 5.74) is 1.62. The molecule has 1 aliphatic heterocycles. The number of aryl methyl sites for hydroxylation is 1. The maximum atomic E-state index is 14.4. The molecule has 0 aliphatic carbocycles. The number of carbonyl (C=O) groups is 1. The molecule has 0 radical (unpaired) electrons. The summed E-state index contributed by atoms with van der Waals surface area (Å²) in [7, 11) is 0. The van der Waals surface area contributed by atoms with Crippen LogP contribution in [0, 0.1) is 5.95 Å². The molecule has 3 aromatic rings. The van der Waals surface area contributed by atoms with Crippen LogP contribution in [0.4, 0.5) is 10.2 Å². The normalized spacial score (nSPS) is 14.4. The van der Waals surface area contributed by atoms with E-state index in [0.29, 0.717) is 23.5 Å². The van der Waals surface area contributed by atoms with E-state index in [4.69, 9.17) is 4.74 Å². The van der Waals surface area contributed by atoms with Crippen molar-refractivity contribution in [3.8, 4) is 17.1 Å². The minimum atomic E-state index is -0.866. The standard InChI is InChI=1S/C20H20FN5O2/c1-4-26-11-13(10-22-26)15-6-5-7-16(23-15)24-18(27)14-8-12-9-20(2,3)28-19(12)25-17(14)21/h5-8,10-11H,4,9H2,1-3H3,(H,23,24,27). The largest absolute Gasteiger partial charge is 0.471 e. The zero-order valence-electron chi connectivity index (χ0n) is 15.9. The maximum Gasteiger partial charge on any atom is 0.261 e. The average molecular weight is 381 g/mol. The number of pyridine rings is 2. The minimum absolute atomic E-state index is 0.133. The van der Waals surface area contributed by atoms with Crippen LogP contribution < -0.4 is 10.1 Å². The molecule has 0 spiro atoms. The molecule has 0 saturated heterocycles. The molecule has 1 amide bonds. The molecule has 8 heteroatoms. The Kier molecular flexibility index (Phi) is 4.33. The SMILES string of the molecule is CCn1cc(-c2cccc(NC(=O)c3cc4c(nc3F)OC(C)(C)C4)n2)cn1. The molecular weight excluding hydrogens is 361 g/mol. The number of nitrogens with zero attached hydrogens (tertiary/aromatic N) is 4. The Morgan fingerprint density at radius 2 is 2.18 bits per heavy atom. The number of rotatable bonds is 4. The number of nitrogens with one attached hydrogen (secondary N) is 1. The summed E-state index contributed by atoms with van der Waals surface area (Å²) in [4.78, 5) is 20.8. The molecule has 4 heterocycles. The Hall–Kier alpha value is -3.29. The van der Waals surface area contributed by atoms with Crippen LogP contribution in [-0.4, -0.2) is 31.3 Å². The number of hydrogen-bond donors (Lipinski definition) is 1. The van der Waals surface area contributed by atoms with E-state index < -0.39 is 17.5 Å². The molecule has 0 unspecified atom stereocenters. The predicted molar refractivity (Wildman–Crippen MR) is 102 cm³/mol. The highest BCUT2D eigenvalue weighted by Crippen LogP contribution is 2.34. The zero-order valence-corrected chi connectivity index (χ0v) is 15.9. The van der Waals surface area contributed by atoms with Gasteiger partial charge in [0, 0.05) is 30.3 Å². The van der Waals surface area contributed by atoms with Crippen molar-refractivity contribution in [1.82, 2.24) is 19.7 Å². The van der Waals surface area contributed by atoms with Gasteiger partial charge in [-0.3, -0.25) is 9.48 Å². The summed E-state index contributed by atoms with van der Waals surface area (Å²) in [6.07, 6.45) is 4.15. The molecule has 4 rings (SSSR count). The van der Waals surface area contributed by atoms with Crippen LogP contribution in [0.1, 0.15) is 36.7 Å². The van der Waals surface area contributed by atoms with Gasteiger partial charge in [-0.15, -0.1) is 0 Å². The van der Waals surface area contributed by atoms with Gasteiger partial charge in [0.1, 0.15) is 11.4 Å².